The lowest BCUT2D eigenvalue weighted by Gasteiger charge is -2.31. The van der Waals surface area contributed by atoms with Gasteiger partial charge in [-0.2, -0.15) is 18.3 Å². The van der Waals surface area contributed by atoms with Crippen molar-refractivity contribution in [2.45, 2.75) is 26.4 Å². The maximum Gasteiger partial charge on any atom is 0.416 e. The van der Waals surface area contributed by atoms with Gasteiger partial charge in [0.2, 0.25) is 5.91 Å². The number of carbonyl (C=O) groups excluding carboxylic acids is 1. The van der Waals surface area contributed by atoms with Crippen LogP contribution in [-0.4, -0.2) is 42.0 Å². The normalized spacial score (nSPS) is 15.0. The summed E-state index contributed by atoms with van der Waals surface area (Å²) in [5, 5.41) is 6.95. The molecule has 28 heavy (non-hydrogen) atoms. The van der Waals surface area contributed by atoms with Crippen LogP contribution in [0.4, 0.5) is 24.5 Å². The maximum atomic E-state index is 13.2. The number of nitrogens with zero attached hydrogens (tertiary/aromatic N) is 3. The lowest BCUT2D eigenvalue weighted by atomic mass is 10.1. The molecule has 3 rings (SSSR count). The van der Waals surface area contributed by atoms with Crippen LogP contribution in [0.3, 0.4) is 0 Å². The van der Waals surface area contributed by atoms with Crippen molar-refractivity contribution < 1.29 is 22.7 Å². The van der Waals surface area contributed by atoms with Crippen LogP contribution in [0.25, 0.3) is 0 Å². The summed E-state index contributed by atoms with van der Waals surface area (Å²) < 4.78 is 46.5. The molecule has 0 spiro atoms. The summed E-state index contributed by atoms with van der Waals surface area (Å²) >= 11 is 0. The molecule has 1 amide bonds. The van der Waals surface area contributed by atoms with Crippen LogP contribution in [0.15, 0.2) is 18.2 Å². The molecule has 0 radical (unpaired) electrons. The van der Waals surface area contributed by atoms with Gasteiger partial charge in [-0.15, -0.1) is 0 Å². The number of aromatic nitrogens is 2. The Bertz CT molecular complexity index is 871. The Morgan fingerprint density at radius 2 is 1.93 bits per heavy atom. The molecule has 1 aliphatic rings. The van der Waals surface area contributed by atoms with Crippen molar-refractivity contribution in [2.24, 2.45) is 7.05 Å². The minimum absolute atomic E-state index is 0.0459. The number of alkyl halides is 3. The highest BCUT2D eigenvalue weighted by atomic mass is 19.4. The van der Waals surface area contributed by atoms with Gasteiger partial charge in [-0.1, -0.05) is 0 Å². The quantitative estimate of drug-likeness (QED) is 0.863. The number of morpholine rings is 1. The number of carbonyl (C=O) groups is 1. The Labute approximate surface area is 161 Å². The molecule has 0 saturated carbocycles. The number of hydrogen-bond acceptors (Lipinski definition) is 4. The van der Waals surface area contributed by atoms with Crippen LogP contribution in [0.2, 0.25) is 0 Å². The minimum Gasteiger partial charge on any atom is -0.378 e. The molecule has 1 saturated heterocycles. The number of benzene rings is 1. The Morgan fingerprint density at radius 3 is 2.50 bits per heavy atom. The Morgan fingerprint density at radius 1 is 1.25 bits per heavy atom. The van der Waals surface area contributed by atoms with Gasteiger partial charge in [0.15, 0.2) is 0 Å². The largest absolute Gasteiger partial charge is 0.416 e. The van der Waals surface area contributed by atoms with Crippen molar-refractivity contribution in [3.05, 3.63) is 40.7 Å². The standard InChI is InChI=1S/C19H23F3N4O2/c1-12-15(13(2)25(3)24-12)11-18(27)23-16-10-14(19(20,21)22)4-5-17(16)26-6-8-28-9-7-26/h4-5,10H,6-9,11H2,1-3H3,(H,23,27). The highest BCUT2D eigenvalue weighted by Crippen LogP contribution is 2.36. The first kappa shape index (κ1) is 20.2. The van der Waals surface area contributed by atoms with E-state index in [1.54, 1.807) is 18.7 Å². The van der Waals surface area contributed by atoms with E-state index in [1.807, 2.05) is 11.8 Å². The number of hydrogen-bond donors (Lipinski definition) is 1. The molecule has 152 valence electrons. The zero-order valence-corrected chi connectivity index (χ0v) is 16.1. The maximum absolute atomic E-state index is 13.2. The third-order valence-corrected chi connectivity index (χ3v) is 4.95. The molecule has 2 heterocycles. The number of nitrogens with one attached hydrogen (secondary N) is 1. The van der Waals surface area contributed by atoms with Gasteiger partial charge in [-0.05, 0) is 32.0 Å². The fourth-order valence-corrected chi connectivity index (χ4v) is 3.32. The topological polar surface area (TPSA) is 59.4 Å². The third kappa shape index (κ3) is 4.30. The van der Waals surface area contributed by atoms with Gasteiger partial charge in [-0.25, -0.2) is 0 Å². The van der Waals surface area contributed by atoms with E-state index in [0.717, 1.165) is 29.1 Å². The van der Waals surface area contributed by atoms with Crippen LogP contribution in [-0.2, 0) is 29.2 Å². The average Bonchev–Trinajstić information content (AvgIpc) is 2.88. The first-order valence-corrected chi connectivity index (χ1v) is 8.99. The number of aryl methyl sites for hydroxylation is 2. The smallest absolute Gasteiger partial charge is 0.378 e. The van der Waals surface area contributed by atoms with Crippen molar-refractivity contribution in [1.29, 1.82) is 0 Å². The average molecular weight is 396 g/mol. The summed E-state index contributed by atoms with van der Waals surface area (Å²) in [6.07, 6.45) is -4.44. The molecule has 0 atom stereocenters. The SMILES string of the molecule is Cc1nn(C)c(C)c1CC(=O)Nc1cc(C(F)(F)F)ccc1N1CCOCC1. The van der Waals surface area contributed by atoms with Crippen molar-refractivity contribution in [1.82, 2.24) is 9.78 Å². The molecule has 2 aromatic rings. The van der Waals surface area contributed by atoms with E-state index < -0.39 is 11.7 Å². The van der Waals surface area contributed by atoms with Crippen LogP contribution in [0.5, 0.6) is 0 Å². The first-order chi connectivity index (χ1) is 13.2. The van der Waals surface area contributed by atoms with E-state index in [0.29, 0.717) is 32.0 Å². The fraction of sp³-hybridized carbons (Fsp3) is 0.474. The van der Waals surface area contributed by atoms with E-state index in [9.17, 15) is 18.0 Å². The number of halogens is 3. The number of ether oxygens (including phenoxy) is 1. The van der Waals surface area contributed by atoms with Gasteiger partial charge < -0.3 is 15.0 Å². The van der Waals surface area contributed by atoms with Crippen molar-refractivity contribution >= 4 is 17.3 Å². The second-order valence-corrected chi connectivity index (χ2v) is 6.83. The molecule has 0 unspecified atom stereocenters. The Kier molecular flexibility index (Phi) is 5.64. The Balaban J connectivity index is 1.88. The minimum atomic E-state index is -4.49. The van der Waals surface area contributed by atoms with Crippen molar-refractivity contribution in [2.75, 3.05) is 36.5 Å². The molecular weight excluding hydrogens is 373 g/mol. The predicted molar refractivity (Wildman–Crippen MR) is 99.5 cm³/mol. The molecule has 1 fully saturated rings. The van der Waals surface area contributed by atoms with E-state index in [4.69, 9.17) is 4.74 Å². The highest BCUT2D eigenvalue weighted by molar-refractivity contribution is 5.96. The molecule has 0 aliphatic carbocycles. The van der Waals surface area contributed by atoms with E-state index in [-0.39, 0.29) is 18.0 Å². The monoisotopic (exact) mass is 396 g/mol. The van der Waals surface area contributed by atoms with Gasteiger partial charge in [0.05, 0.1) is 42.3 Å². The molecule has 1 N–H and O–H groups in total. The fourth-order valence-electron chi connectivity index (χ4n) is 3.32. The highest BCUT2D eigenvalue weighted by Gasteiger charge is 2.32. The molecule has 1 aromatic heterocycles. The second-order valence-electron chi connectivity index (χ2n) is 6.83. The summed E-state index contributed by atoms with van der Waals surface area (Å²) in [7, 11) is 1.78. The number of rotatable bonds is 4. The molecular formula is C19H23F3N4O2. The van der Waals surface area contributed by atoms with Crippen LogP contribution in [0, 0.1) is 13.8 Å². The third-order valence-electron chi connectivity index (χ3n) is 4.95. The van der Waals surface area contributed by atoms with Crippen LogP contribution in [0.1, 0.15) is 22.5 Å². The second kappa shape index (κ2) is 7.83. The number of anilines is 2. The summed E-state index contributed by atoms with van der Waals surface area (Å²) in [6.45, 7) is 5.74. The molecule has 6 nitrogen and oxygen atoms in total. The van der Waals surface area contributed by atoms with Gasteiger partial charge in [0.1, 0.15) is 0 Å². The lowest BCUT2D eigenvalue weighted by Crippen LogP contribution is -2.37. The zero-order valence-electron chi connectivity index (χ0n) is 16.1. The van der Waals surface area contributed by atoms with Gasteiger partial charge in [0, 0.05) is 31.4 Å². The summed E-state index contributed by atoms with van der Waals surface area (Å²) in [6, 6.07) is 3.44. The van der Waals surface area contributed by atoms with E-state index in [2.05, 4.69) is 10.4 Å². The Hall–Kier alpha value is -2.55. The number of amides is 1. The van der Waals surface area contributed by atoms with Gasteiger partial charge in [-0.3, -0.25) is 9.48 Å². The molecule has 1 aromatic carbocycles. The van der Waals surface area contributed by atoms with Crippen molar-refractivity contribution in [3.8, 4) is 0 Å². The summed E-state index contributed by atoms with van der Waals surface area (Å²) in [5.41, 5.74) is 2.27. The zero-order chi connectivity index (χ0) is 20.5. The summed E-state index contributed by atoms with van der Waals surface area (Å²) in [5.74, 6) is -0.381. The first-order valence-electron chi connectivity index (χ1n) is 8.99. The van der Waals surface area contributed by atoms with E-state index in [1.165, 1.54) is 6.07 Å². The molecule has 0 bridgehead atoms. The molecule has 9 heteroatoms. The van der Waals surface area contributed by atoms with Gasteiger partial charge in [0.25, 0.3) is 0 Å². The van der Waals surface area contributed by atoms with Crippen LogP contribution >= 0.6 is 0 Å². The van der Waals surface area contributed by atoms with E-state index >= 15 is 0 Å². The predicted octanol–water partition coefficient (Wildman–Crippen LogP) is 3.07. The van der Waals surface area contributed by atoms with Gasteiger partial charge >= 0.3 is 6.18 Å². The molecule has 1 aliphatic heterocycles. The van der Waals surface area contributed by atoms with Crippen LogP contribution < -0.4 is 10.2 Å². The van der Waals surface area contributed by atoms with Crippen molar-refractivity contribution in [3.63, 3.8) is 0 Å². The summed E-state index contributed by atoms with van der Waals surface area (Å²) in [4.78, 5) is 14.5. The lowest BCUT2D eigenvalue weighted by molar-refractivity contribution is -0.137.